The van der Waals surface area contributed by atoms with Crippen LogP contribution in [0.1, 0.15) is 33.8 Å². The van der Waals surface area contributed by atoms with Gasteiger partial charge in [-0.15, -0.1) is 11.3 Å². The number of hydrogen-bond donors (Lipinski definition) is 0. The van der Waals surface area contributed by atoms with Crippen molar-refractivity contribution >= 4 is 22.9 Å². The van der Waals surface area contributed by atoms with Crippen LogP contribution < -0.4 is 9.64 Å². The largest absolute Gasteiger partial charge is 0.479 e. The highest BCUT2D eigenvalue weighted by Crippen LogP contribution is 2.39. The van der Waals surface area contributed by atoms with E-state index in [4.69, 9.17) is 9.26 Å². The van der Waals surface area contributed by atoms with Gasteiger partial charge in [-0.3, -0.25) is 4.79 Å². The Morgan fingerprint density at radius 3 is 2.63 bits per heavy atom. The minimum absolute atomic E-state index is 0.0779. The lowest BCUT2D eigenvalue weighted by molar-refractivity contribution is -0.125. The van der Waals surface area contributed by atoms with Gasteiger partial charge in [0.2, 0.25) is 0 Å². The number of benzene rings is 1. The lowest BCUT2D eigenvalue weighted by Crippen LogP contribution is -2.44. The lowest BCUT2D eigenvalue weighted by Gasteiger charge is -2.33. The van der Waals surface area contributed by atoms with Gasteiger partial charge in [-0.2, -0.15) is 0 Å². The molecule has 1 atom stereocenters. The third-order valence-electron chi connectivity index (χ3n) is 4.84. The molecule has 0 saturated heterocycles. The van der Waals surface area contributed by atoms with Gasteiger partial charge in [-0.05, 0) is 52.8 Å². The van der Waals surface area contributed by atoms with Crippen molar-refractivity contribution < 1.29 is 14.1 Å². The number of nitrogens with zero attached hydrogens (tertiary/aromatic N) is 3. The third-order valence-corrected chi connectivity index (χ3v) is 5.73. The Bertz CT molecular complexity index is 1020. The smallest absolute Gasteiger partial charge is 0.268 e. The summed E-state index contributed by atoms with van der Waals surface area (Å²) >= 11 is 1.67. The molecule has 1 amide bonds. The molecule has 0 saturated carbocycles. The molecular formula is C20H21N3O3S. The highest BCUT2D eigenvalue weighted by Gasteiger charge is 2.33. The zero-order valence-corrected chi connectivity index (χ0v) is 16.8. The molecule has 1 aliphatic heterocycles. The Kier molecular flexibility index (Phi) is 4.26. The second kappa shape index (κ2) is 6.49. The van der Waals surface area contributed by atoms with E-state index in [0.717, 1.165) is 43.8 Å². The average molecular weight is 383 g/mol. The van der Waals surface area contributed by atoms with Crippen molar-refractivity contribution in [3.05, 3.63) is 45.1 Å². The van der Waals surface area contributed by atoms with Crippen molar-refractivity contribution in [3.63, 3.8) is 0 Å². The van der Waals surface area contributed by atoms with E-state index in [9.17, 15) is 4.79 Å². The molecule has 1 aromatic carbocycles. The maximum Gasteiger partial charge on any atom is 0.268 e. The van der Waals surface area contributed by atoms with Gasteiger partial charge in [-0.1, -0.05) is 5.16 Å². The summed E-state index contributed by atoms with van der Waals surface area (Å²) in [5.74, 6) is 1.34. The molecule has 140 valence electrons. The fraction of sp³-hybridized carbons (Fsp3) is 0.350. The van der Waals surface area contributed by atoms with Gasteiger partial charge < -0.3 is 14.2 Å². The fourth-order valence-electron chi connectivity index (χ4n) is 3.40. The van der Waals surface area contributed by atoms with E-state index in [2.05, 4.69) is 17.1 Å². The number of hydrogen-bond acceptors (Lipinski definition) is 6. The van der Waals surface area contributed by atoms with Crippen LogP contribution in [-0.2, 0) is 11.3 Å². The molecule has 6 nitrogen and oxygen atoms in total. The average Bonchev–Trinajstić information content (AvgIpc) is 3.13. The van der Waals surface area contributed by atoms with E-state index >= 15 is 0 Å². The fourth-order valence-corrected chi connectivity index (χ4v) is 4.24. The van der Waals surface area contributed by atoms with Gasteiger partial charge in [0.1, 0.15) is 11.5 Å². The molecule has 0 spiro atoms. The van der Waals surface area contributed by atoms with Crippen LogP contribution in [0.25, 0.3) is 11.3 Å². The molecule has 0 radical (unpaired) electrons. The number of carbonyl (C=O) groups is 1. The van der Waals surface area contributed by atoms with Crippen LogP contribution in [0.15, 0.2) is 22.7 Å². The van der Waals surface area contributed by atoms with Gasteiger partial charge >= 0.3 is 0 Å². The first-order valence-corrected chi connectivity index (χ1v) is 9.65. The van der Waals surface area contributed by atoms with Crippen molar-refractivity contribution in [1.29, 1.82) is 0 Å². The number of rotatable bonds is 3. The predicted octanol–water partition coefficient (Wildman–Crippen LogP) is 4.35. The number of ether oxygens (including phenoxy) is 1. The van der Waals surface area contributed by atoms with Crippen molar-refractivity contribution in [2.45, 2.75) is 47.3 Å². The molecule has 3 aromatic rings. The molecule has 0 N–H and O–H groups in total. The molecule has 0 unspecified atom stereocenters. The normalized spacial score (nSPS) is 16.4. The minimum atomic E-state index is -0.535. The summed E-state index contributed by atoms with van der Waals surface area (Å²) in [6.45, 7) is 9.98. The molecule has 0 bridgehead atoms. The summed E-state index contributed by atoms with van der Waals surface area (Å²) in [5.41, 5.74) is 4.40. The Hall–Kier alpha value is -2.67. The number of thiazole rings is 1. The lowest BCUT2D eigenvalue weighted by atomic mass is 10.1. The van der Waals surface area contributed by atoms with Crippen molar-refractivity contribution in [3.8, 4) is 17.0 Å². The van der Waals surface area contributed by atoms with Crippen LogP contribution in [-0.4, -0.2) is 22.2 Å². The summed E-state index contributed by atoms with van der Waals surface area (Å²) in [6, 6.07) is 5.90. The SMILES string of the molecule is Cc1nc(-c2ccc3c(c2)N(Cc2c(C)noc2C)C(=O)[C@@H](C)O3)c(C)s1. The highest BCUT2D eigenvalue weighted by molar-refractivity contribution is 7.11. The molecule has 0 fully saturated rings. The summed E-state index contributed by atoms with van der Waals surface area (Å²) in [4.78, 5) is 20.4. The van der Waals surface area contributed by atoms with E-state index in [1.165, 1.54) is 0 Å². The zero-order valence-electron chi connectivity index (χ0n) is 16.0. The molecule has 2 aromatic heterocycles. The molecule has 1 aliphatic rings. The first kappa shape index (κ1) is 17.7. The Morgan fingerprint density at radius 1 is 1.22 bits per heavy atom. The van der Waals surface area contributed by atoms with Crippen molar-refractivity contribution in [1.82, 2.24) is 10.1 Å². The second-order valence-electron chi connectivity index (χ2n) is 6.81. The van der Waals surface area contributed by atoms with Gasteiger partial charge in [-0.25, -0.2) is 4.98 Å². The first-order chi connectivity index (χ1) is 12.8. The number of anilines is 1. The number of carbonyl (C=O) groups excluding carboxylic acids is 1. The zero-order chi connectivity index (χ0) is 19.3. The summed E-state index contributed by atoms with van der Waals surface area (Å²) in [7, 11) is 0. The third kappa shape index (κ3) is 3.02. The van der Waals surface area contributed by atoms with E-state index in [-0.39, 0.29) is 5.91 Å². The van der Waals surface area contributed by atoms with Gasteiger partial charge in [0, 0.05) is 16.0 Å². The molecule has 4 rings (SSSR count). The Morgan fingerprint density at radius 2 is 2.00 bits per heavy atom. The molecule has 27 heavy (non-hydrogen) atoms. The van der Waals surface area contributed by atoms with Crippen molar-refractivity contribution in [2.24, 2.45) is 0 Å². The standard InChI is InChI=1S/C20H21N3O3S/c1-10-16(11(2)26-22-10)9-23-17-8-15(19-13(4)27-14(5)21-19)6-7-18(17)25-12(3)20(23)24/h6-8,12H,9H2,1-5H3/t12-/m1/s1. The predicted molar refractivity (Wildman–Crippen MR) is 104 cm³/mol. The number of fused-ring (bicyclic) bond motifs is 1. The first-order valence-electron chi connectivity index (χ1n) is 8.83. The molecule has 0 aliphatic carbocycles. The van der Waals surface area contributed by atoms with E-state index in [0.29, 0.717) is 12.3 Å². The summed E-state index contributed by atoms with van der Waals surface area (Å²) < 4.78 is 11.1. The number of amides is 1. The molecule has 3 heterocycles. The molecular weight excluding hydrogens is 362 g/mol. The van der Waals surface area contributed by atoms with Gasteiger partial charge in [0.15, 0.2) is 6.10 Å². The number of aryl methyl sites for hydroxylation is 4. The van der Waals surface area contributed by atoms with Crippen LogP contribution in [0.3, 0.4) is 0 Å². The second-order valence-corrected chi connectivity index (χ2v) is 8.21. The van der Waals surface area contributed by atoms with Gasteiger partial charge in [0.05, 0.1) is 28.6 Å². The maximum atomic E-state index is 12.9. The van der Waals surface area contributed by atoms with Crippen molar-refractivity contribution in [2.75, 3.05) is 4.90 Å². The quantitative estimate of drug-likeness (QED) is 0.673. The summed E-state index contributed by atoms with van der Waals surface area (Å²) in [5, 5.41) is 5.03. The van der Waals surface area contributed by atoms with Gasteiger partial charge in [0.25, 0.3) is 5.91 Å². The topological polar surface area (TPSA) is 68.5 Å². The van der Waals surface area contributed by atoms with Crippen LogP contribution >= 0.6 is 11.3 Å². The monoisotopic (exact) mass is 383 g/mol. The van der Waals surface area contributed by atoms with E-state index in [1.807, 2.05) is 39.0 Å². The molecule has 7 heteroatoms. The minimum Gasteiger partial charge on any atom is -0.479 e. The van der Waals surface area contributed by atoms with Crippen LogP contribution in [0, 0.1) is 27.7 Å². The highest BCUT2D eigenvalue weighted by atomic mass is 32.1. The van der Waals surface area contributed by atoms with Crippen LogP contribution in [0.5, 0.6) is 5.75 Å². The van der Waals surface area contributed by atoms with E-state index in [1.54, 1.807) is 23.2 Å². The Labute approximate surface area is 161 Å². The van der Waals surface area contributed by atoms with E-state index < -0.39 is 6.10 Å². The van der Waals surface area contributed by atoms with Crippen LogP contribution in [0.4, 0.5) is 5.69 Å². The maximum absolute atomic E-state index is 12.9. The summed E-state index contributed by atoms with van der Waals surface area (Å²) in [6.07, 6.45) is -0.535. The Balaban J connectivity index is 1.80. The number of aromatic nitrogens is 2. The van der Waals surface area contributed by atoms with Crippen LogP contribution in [0.2, 0.25) is 0 Å².